The van der Waals surface area contributed by atoms with E-state index in [1.165, 1.54) is 12.8 Å². The molecule has 0 saturated heterocycles. The Labute approximate surface area is 151 Å². The van der Waals surface area contributed by atoms with Gasteiger partial charge in [0.1, 0.15) is 10.7 Å². The zero-order valence-corrected chi connectivity index (χ0v) is 15.4. The summed E-state index contributed by atoms with van der Waals surface area (Å²) in [6.07, 6.45) is 11.8. The normalized spacial score (nSPS) is 17.3. The van der Waals surface area contributed by atoms with Gasteiger partial charge in [-0.1, -0.05) is 47.5 Å². The fourth-order valence-electron chi connectivity index (χ4n) is 2.18. The number of hydrogen-bond donors (Lipinski definition) is 2. The molecule has 0 fully saturated rings. The van der Waals surface area contributed by atoms with Crippen LogP contribution in [0, 0.1) is 0 Å². The summed E-state index contributed by atoms with van der Waals surface area (Å²) in [4.78, 5) is 4.21. The van der Waals surface area contributed by atoms with Crippen LogP contribution in [-0.2, 0) is 0 Å². The summed E-state index contributed by atoms with van der Waals surface area (Å²) >= 11 is 13.5. The predicted molar refractivity (Wildman–Crippen MR) is 104 cm³/mol. The lowest BCUT2D eigenvalue weighted by Crippen LogP contribution is -2.19. The standard InChI is InChI=1S/C11H10Cl2N2S.C6H11N/c1-2-3-4-14-8-5-9(13)15-10-7(12)6-16-11(8)10;7-6-4-2-1-3-5-6/h2-3,5-6H,4H2,1H3,(H,14,15);1-2,6H,3-5,7H2/b3-2+;. The van der Waals surface area contributed by atoms with Crippen molar-refractivity contribution in [2.24, 2.45) is 5.73 Å². The Bertz CT molecular complexity index is 694. The van der Waals surface area contributed by atoms with Crippen LogP contribution in [0.3, 0.4) is 0 Å². The average molecular weight is 370 g/mol. The molecule has 0 amide bonds. The Kier molecular flexibility index (Phi) is 7.37. The molecule has 1 aliphatic rings. The molecule has 1 atom stereocenters. The molecule has 23 heavy (non-hydrogen) atoms. The third-order valence-electron chi connectivity index (χ3n) is 3.40. The maximum atomic E-state index is 6.03. The van der Waals surface area contributed by atoms with Gasteiger partial charge in [0.2, 0.25) is 0 Å². The van der Waals surface area contributed by atoms with E-state index >= 15 is 0 Å². The molecule has 1 unspecified atom stereocenters. The smallest absolute Gasteiger partial charge is 0.131 e. The number of thiophene rings is 1. The first-order valence-electron chi connectivity index (χ1n) is 7.60. The number of rotatable bonds is 3. The van der Waals surface area contributed by atoms with Crippen LogP contribution in [0.5, 0.6) is 0 Å². The summed E-state index contributed by atoms with van der Waals surface area (Å²) in [5.41, 5.74) is 7.33. The molecule has 0 aromatic carbocycles. The van der Waals surface area contributed by atoms with Gasteiger partial charge in [0.15, 0.2) is 0 Å². The molecule has 0 saturated carbocycles. The van der Waals surface area contributed by atoms with Crippen molar-refractivity contribution >= 4 is 50.4 Å². The SMILES string of the molecule is C/C=C/CNc1cc(Cl)nc2c(Cl)csc12.NC1CC=CCC1. The number of allylic oxidation sites excluding steroid dienone is 2. The van der Waals surface area contributed by atoms with Crippen molar-refractivity contribution < 1.29 is 0 Å². The van der Waals surface area contributed by atoms with Gasteiger partial charge in [0.05, 0.1) is 15.4 Å². The lowest BCUT2D eigenvalue weighted by atomic mass is 10.0. The molecule has 1 aliphatic carbocycles. The fraction of sp³-hybridized carbons (Fsp3) is 0.353. The van der Waals surface area contributed by atoms with E-state index in [2.05, 4.69) is 22.5 Å². The number of fused-ring (bicyclic) bond motifs is 1. The summed E-state index contributed by atoms with van der Waals surface area (Å²) in [6.45, 7) is 2.75. The van der Waals surface area contributed by atoms with Crippen LogP contribution in [0.4, 0.5) is 5.69 Å². The van der Waals surface area contributed by atoms with Gasteiger partial charge in [0.25, 0.3) is 0 Å². The molecular formula is C17H21Cl2N3S. The van der Waals surface area contributed by atoms with Crippen molar-refractivity contribution in [3.63, 3.8) is 0 Å². The van der Waals surface area contributed by atoms with Crippen molar-refractivity contribution in [3.8, 4) is 0 Å². The van der Waals surface area contributed by atoms with E-state index < -0.39 is 0 Å². The average Bonchev–Trinajstić information content (AvgIpc) is 2.90. The molecule has 124 valence electrons. The molecule has 3 N–H and O–H groups in total. The summed E-state index contributed by atoms with van der Waals surface area (Å²) in [5, 5.41) is 6.26. The minimum atomic E-state index is 0.449. The number of nitrogens with zero attached hydrogens (tertiary/aromatic N) is 1. The monoisotopic (exact) mass is 369 g/mol. The Balaban J connectivity index is 0.000000229. The molecular weight excluding hydrogens is 349 g/mol. The second kappa shape index (κ2) is 9.28. The van der Waals surface area contributed by atoms with Crippen LogP contribution in [0.1, 0.15) is 26.2 Å². The van der Waals surface area contributed by atoms with Crippen LogP contribution in [-0.4, -0.2) is 17.6 Å². The van der Waals surface area contributed by atoms with E-state index in [9.17, 15) is 0 Å². The summed E-state index contributed by atoms with van der Waals surface area (Å²) in [7, 11) is 0. The van der Waals surface area contributed by atoms with Crippen LogP contribution < -0.4 is 11.1 Å². The van der Waals surface area contributed by atoms with Crippen molar-refractivity contribution in [2.45, 2.75) is 32.2 Å². The lowest BCUT2D eigenvalue weighted by Gasteiger charge is -2.09. The number of nitrogens with two attached hydrogens (primary N) is 1. The summed E-state index contributed by atoms with van der Waals surface area (Å²) in [5.74, 6) is 0. The topological polar surface area (TPSA) is 50.9 Å². The predicted octanol–water partition coefficient (Wildman–Crippen LogP) is 5.64. The minimum absolute atomic E-state index is 0.449. The molecule has 0 bridgehead atoms. The Morgan fingerprint density at radius 3 is 2.87 bits per heavy atom. The van der Waals surface area contributed by atoms with Crippen LogP contribution in [0.2, 0.25) is 10.2 Å². The van der Waals surface area contributed by atoms with Gasteiger partial charge in [-0.25, -0.2) is 4.98 Å². The highest BCUT2D eigenvalue weighted by Gasteiger charge is 2.09. The van der Waals surface area contributed by atoms with E-state index in [0.29, 0.717) is 16.2 Å². The molecule has 0 aliphatic heterocycles. The second-order valence-corrected chi connectivity index (χ2v) is 6.92. The minimum Gasteiger partial charge on any atom is -0.380 e. The van der Waals surface area contributed by atoms with Crippen LogP contribution in [0.25, 0.3) is 10.2 Å². The summed E-state index contributed by atoms with van der Waals surface area (Å²) < 4.78 is 1.04. The first kappa shape index (κ1) is 18.3. The van der Waals surface area contributed by atoms with Crippen molar-refractivity contribution in [1.29, 1.82) is 0 Å². The zero-order valence-electron chi connectivity index (χ0n) is 13.1. The van der Waals surface area contributed by atoms with E-state index in [4.69, 9.17) is 28.9 Å². The summed E-state index contributed by atoms with van der Waals surface area (Å²) in [6, 6.07) is 2.27. The quantitative estimate of drug-likeness (QED) is 0.543. The maximum Gasteiger partial charge on any atom is 0.131 e. The number of anilines is 1. The Morgan fingerprint density at radius 1 is 1.43 bits per heavy atom. The third-order valence-corrected chi connectivity index (χ3v) is 5.02. The molecule has 2 aromatic heterocycles. The first-order chi connectivity index (χ1) is 11.1. The fourth-order valence-corrected chi connectivity index (χ4v) is 3.56. The second-order valence-electron chi connectivity index (χ2n) is 5.25. The largest absolute Gasteiger partial charge is 0.380 e. The van der Waals surface area contributed by atoms with Gasteiger partial charge in [-0.15, -0.1) is 11.3 Å². The van der Waals surface area contributed by atoms with Gasteiger partial charge in [-0.3, -0.25) is 0 Å². The highest BCUT2D eigenvalue weighted by molar-refractivity contribution is 7.18. The highest BCUT2D eigenvalue weighted by atomic mass is 35.5. The molecule has 3 rings (SSSR count). The van der Waals surface area contributed by atoms with Gasteiger partial charge < -0.3 is 11.1 Å². The van der Waals surface area contributed by atoms with E-state index in [1.54, 1.807) is 11.3 Å². The number of halogens is 2. The molecule has 6 heteroatoms. The molecule has 0 radical (unpaired) electrons. The number of hydrogen-bond acceptors (Lipinski definition) is 4. The Hall–Kier alpha value is -1.07. The van der Waals surface area contributed by atoms with Gasteiger partial charge in [-0.05, 0) is 26.2 Å². The lowest BCUT2D eigenvalue weighted by molar-refractivity contribution is 0.606. The number of aromatic nitrogens is 1. The van der Waals surface area contributed by atoms with E-state index in [-0.39, 0.29) is 0 Å². The molecule has 3 nitrogen and oxygen atoms in total. The van der Waals surface area contributed by atoms with E-state index in [1.807, 2.05) is 30.5 Å². The molecule has 2 aromatic rings. The third kappa shape index (κ3) is 5.50. The van der Waals surface area contributed by atoms with Gasteiger partial charge in [0, 0.05) is 24.0 Å². The van der Waals surface area contributed by atoms with Gasteiger partial charge >= 0.3 is 0 Å². The Morgan fingerprint density at radius 2 is 2.26 bits per heavy atom. The van der Waals surface area contributed by atoms with Gasteiger partial charge in [-0.2, -0.15) is 0 Å². The van der Waals surface area contributed by atoms with Crippen molar-refractivity contribution in [3.05, 3.63) is 45.9 Å². The zero-order chi connectivity index (χ0) is 16.7. The van der Waals surface area contributed by atoms with Crippen molar-refractivity contribution in [2.75, 3.05) is 11.9 Å². The maximum absolute atomic E-state index is 6.03. The van der Waals surface area contributed by atoms with E-state index in [0.717, 1.165) is 28.9 Å². The van der Waals surface area contributed by atoms with Crippen molar-refractivity contribution in [1.82, 2.24) is 4.98 Å². The van der Waals surface area contributed by atoms with Crippen LogP contribution in [0.15, 0.2) is 35.8 Å². The number of pyridine rings is 1. The highest BCUT2D eigenvalue weighted by Crippen LogP contribution is 2.35. The first-order valence-corrected chi connectivity index (χ1v) is 9.24. The molecule has 0 spiro atoms. The number of nitrogens with one attached hydrogen (secondary N) is 1. The van der Waals surface area contributed by atoms with Crippen LogP contribution >= 0.6 is 34.5 Å². The molecule has 2 heterocycles.